The smallest absolute Gasteiger partial charge is 0.338 e. The molecule has 0 radical (unpaired) electrons. The van der Waals surface area contributed by atoms with E-state index in [1.54, 1.807) is 6.08 Å². The van der Waals surface area contributed by atoms with Crippen LogP contribution in [-0.4, -0.2) is 35.1 Å². The molecule has 1 amide bonds. The molecular weight excluding hydrogens is 434 g/mol. The molecule has 1 atom stereocenters. The minimum atomic E-state index is -0.414. The minimum absolute atomic E-state index is 0.00837. The average molecular weight is 466 g/mol. The number of carbonyl (C=O) groups excluding carboxylic acids is 2. The summed E-state index contributed by atoms with van der Waals surface area (Å²) in [4.78, 5) is 32.5. The van der Waals surface area contributed by atoms with E-state index < -0.39 is 12.0 Å². The SMILES string of the molecule is C=CCOC(=O)C1=C(C)N=C2SC=C(CC(=O)NCC3CC3)N2[C@H]1c1ccc(C(C)C)cc1. The number of hydrogen-bond donors (Lipinski definition) is 1. The Morgan fingerprint density at radius 1 is 1.30 bits per heavy atom. The molecule has 6 nitrogen and oxygen atoms in total. The number of fused-ring (bicyclic) bond motifs is 1. The summed E-state index contributed by atoms with van der Waals surface area (Å²) < 4.78 is 5.44. The van der Waals surface area contributed by atoms with Gasteiger partial charge in [-0.2, -0.15) is 0 Å². The van der Waals surface area contributed by atoms with Gasteiger partial charge in [-0.25, -0.2) is 9.79 Å². The van der Waals surface area contributed by atoms with Crippen LogP contribution in [0.5, 0.6) is 0 Å². The van der Waals surface area contributed by atoms with Crippen molar-refractivity contribution in [1.82, 2.24) is 10.2 Å². The van der Waals surface area contributed by atoms with Crippen LogP contribution in [0.15, 0.2) is 64.3 Å². The zero-order valence-electron chi connectivity index (χ0n) is 19.5. The first kappa shape index (κ1) is 23.4. The maximum absolute atomic E-state index is 13.1. The number of ether oxygens (including phenoxy) is 1. The summed E-state index contributed by atoms with van der Waals surface area (Å²) in [5, 5.41) is 5.78. The van der Waals surface area contributed by atoms with Gasteiger partial charge in [0.2, 0.25) is 5.91 Å². The highest BCUT2D eigenvalue weighted by Gasteiger charge is 2.41. The van der Waals surface area contributed by atoms with Crippen LogP contribution in [0, 0.1) is 5.92 Å². The number of amidine groups is 1. The van der Waals surface area contributed by atoms with Gasteiger partial charge in [0.15, 0.2) is 5.17 Å². The lowest BCUT2D eigenvalue weighted by atomic mass is 9.92. The summed E-state index contributed by atoms with van der Waals surface area (Å²) in [5.74, 6) is 0.607. The van der Waals surface area contributed by atoms with Gasteiger partial charge in [-0.05, 0) is 48.1 Å². The summed E-state index contributed by atoms with van der Waals surface area (Å²) in [6, 6.07) is 7.91. The maximum atomic E-state index is 13.1. The van der Waals surface area contributed by atoms with Crippen molar-refractivity contribution in [2.75, 3.05) is 13.2 Å². The van der Waals surface area contributed by atoms with Gasteiger partial charge < -0.3 is 15.0 Å². The Morgan fingerprint density at radius 3 is 2.67 bits per heavy atom. The van der Waals surface area contributed by atoms with E-state index in [4.69, 9.17) is 9.73 Å². The molecule has 2 heterocycles. The average Bonchev–Trinajstić information content (AvgIpc) is 3.56. The van der Waals surface area contributed by atoms with Crippen molar-refractivity contribution in [1.29, 1.82) is 0 Å². The lowest BCUT2D eigenvalue weighted by molar-refractivity contribution is -0.138. The molecule has 1 N–H and O–H groups in total. The second kappa shape index (κ2) is 10.00. The van der Waals surface area contributed by atoms with E-state index in [1.807, 2.05) is 17.2 Å². The molecule has 7 heteroatoms. The Labute approximate surface area is 199 Å². The van der Waals surface area contributed by atoms with Crippen LogP contribution in [0.1, 0.15) is 63.1 Å². The number of hydrogen-bond acceptors (Lipinski definition) is 6. The topological polar surface area (TPSA) is 71.0 Å². The van der Waals surface area contributed by atoms with Crippen molar-refractivity contribution in [3.8, 4) is 0 Å². The molecule has 1 saturated carbocycles. The molecule has 174 valence electrons. The first-order valence-corrected chi connectivity index (χ1v) is 12.4. The lowest BCUT2D eigenvalue weighted by Gasteiger charge is -2.36. The molecule has 0 aromatic heterocycles. The van der Waals surface area contributed by atoms with E-state index >= 15 is 0 Å². The molecule has 1 aromatic rings. The Bertz CT molecular complexity index is 1040. The molecule has 1 fully saturated rings. The third kappa shape index (κ3) is 5.24. The number of nitrogens with zero attached hydrogens (tertiary/aromatic N) is 2. The highest BCUT2D eigenvalue weighted by atomic mass is 32.2. The molecule has 1 aliphatic carbocycles. The Balaban J connectivity index is 1.66. The Hall–Kier alpha value is -2.80. The van der Waals surface area contributed by atoms with E-state index in [-0.39, 0.29) is 18.9 Å². The van der Waals surface area contributed by atoms with Crippen LogP contribution in [0.25, 0.3) is 0 Å². The highest BCUT2D eigenvalue weighted by Crippen LogP contribution is 2.45. The van der Waals surface area contributed by atoms with Gasteiger partial charge in [0.05, 0.1) is 23.7 Å². The molecular formula is C26H31N3O3S. The van der Waals surface area contributed by atoms with Crippen molar-refractivity contribution in [2.24, 2.45) is 10.9 Å². The van der Waals surface area contributed by atoms with Gasteiger partial charge in [-0.15, -0.1) is 0 Å². The normalized spacial score (nSPS) is 19.8. The third-order valence-corrected chi connectivity index (χ3v) is 6.99. The van der Waals surface area contributed by atoms with Gasteiger partial charge in [0, 0.05) is 12.2 Å². The molecule has 33 heavy (non-hydrogen) atoms. The first-order chi connectivity index (χ1) is 15.9. The second-order valence-corrected chi connectivity index (χ2v) is 9.86. The van der Waals surface area contributed by atoms with Crippen LogP contribution in [0.3, 0.4) is 0 Å². The number of carbonyl (C=O) groups is 2. The van der Waals surface area contributed by atoms with Gasteiger partial charge in [0.25, 0.3) is 0 Å². The third-order valence-electron chi connectivity index (χ3n) is 6.10. The fourth-order valence-electron chi connectivity index (χ4n) is 4.03. The molecule has 0 spiro atoms. The molecule has 3 aliphatic rings. The molecule has 2 aliphatic heterocycles. The van der Waals surface area contributed by atoms with E-state index in [0.717, 1.165) is 23.0 Å². The molecule has 1 aromatic carbocycles. The predicted octanol–water partition coefficient (Wildman–Crippen LogP) is 5.03. The molecule has 4 rings (SSSR count). The van der Waals surface area contributed by atoms with Crippen LogP contribution in [0.2, 0.25) is 0 Å². The standard InChI is InChI=1S/C26H31N3O3S/c1-5-12-32-25(31)23-17(4)28-26-29(24(23)20-10-8-19(9-11-20)16(2)3)21(15-33-26)13-22(30)27-14-18-6-7-18/h5,8-11,15-16,18,24H,1,6-7,12-14H2,2-4H3,(H,27,30)/t24-/m0/s1. The number of rotatable bonds is 9. The zero-order chi connectivity index (χ0) is 23.5. The number of amides is 1. The quantitative estimate of drug-likeness (QED) is 0.409. The number of esters is 1. The number of nitrogens with one attached hydrogen (secondary N) is 1. The van der Waals surface area contributed by atoms with E-state index in [2.05, 4.69) is 50.0 Å². The van der Waals surface area contributed by atoms with E-state index in [1.165, 1.54) is 30.2 Å². The van der Waals surface area contributed by atoms with Gasteiger partial charge >= 0.3 is 5.97 Å². The van der Waals surface area contributed by atoms with Crippen LogP contribution >= 0.6 is 11.8 Å². The monoisotopic (exact) mass is 465 g/mol. The summed E-state index contributed by atoms with van der Waals surface area (Å²) >= 11 is 1.49. The van der Waals surface area contributed by atoms with Crippen LogP contribution in [-0.2, 0) is 14.3 Å². The van der Waals surface area contributed by atoms with E-state index in [0.29, 0.717) is 23.1 Å². The molecule has 0 unspecified atom stereocenters. The Kier molecular flexibility index (Phi) is 7.08. The molecule has 0 bridgehead atoms. The maximum Gasteiger partial charge on any atom is 0.338 e. The molecule has 0 saturated heterocycles. The lowest BCUT2D eigenvalue weighted by Crippen LogP contribution is -2.38. The summed E-state index contributed by atoms with van der Waals surface area (Å²) in [6.07, 6.45) is 4.18. The van der Waals surface area contributed by atoms with Crippen LogP contribution in [0.4, 0.5) is 0 Å². The summed E-state index contributed by atoms with van der Waals surface area (Å²) in [6.45, 7) is 10.7. The van der Waals surface area contributed by atoms with E-state index in [9.17, 15) is 9.59 Å². The number of benzene rings is 1. The minimum Gasteiger partial charge on any atom is -0.458 e. The fourth-order valence-corrected chi connectivity index (χ4v) is 4.99. The summed E-state index contributed by atoms with van der Waals surface area (Å²) in [5.41, 5.74) is 4.15. The van der Waals surface area contributed by atoms with Crippen LogP contribution < -0.4 is 5.32 Å². The van der Waals surface area contributed by atoms with Crippen molar-refractivity contribution in [3.05, 3.63) is 70.4 Å². The number of thioether (sulfide) groups is 1. The fraction of sp³-hybridized carbons (Fsp3) is 0.423. The number of allylic oxidation sites excluding steroid dienone is 1. The van der Waals surface area contributed by atoms with Crippen molar-refractivity contribution >= 4 is 28.8 Å². The van der Waals surface area contributed by atoms with Crippen molar-refractivity contribution < 1.29 is 14.3 Å². The van der Waals surface area contributed by atoms with Gasteiger partial charge in [-0.1, -0.05) is 62.5 Å². The number of aliphatic imine (C=N–C) groups is 1. The van der Waals surface area contributed by atoms with Gasteiger partial charge in [0.1, 0.15) is 6.61 Å². The summed E-state index contributed by atoms with van der Waals surface area (Å²) in [7, 11) is 0. The largest absolute Gasteiger partial charge is 0.458 e. The predicted molar refractivity (Wildman–Crippen MR) is 132 cm³/mol. The highest BCUT2D eigenvalue weighted by molar-refractivity contribution is 8.16. The zero-order valence-corrected chi connectivity index (χ0v) is 20.3. The van der Waals surface area contributed by atoms with Crippen molar-refractivity contribution in [2.45, 2.75) is 52.0 Å². The van der Waals surface area contributed by atoms with Gasteiger partial charge in [-0.3, -0.25) is 4.79 Å². The Morgan fingerprint density at radius 2 is 2.03 bits per heavy atom. The second-order valence-electron chi connectivity index (χ2n) is 9.03. The van der Waals surface area contributed by atoms with Crippen molar-refractivity contribution in [3.63, 3.8) is 0 Å². The first-order valence-electron chi connectivity index (χ1n) is 11.5.